The first kappa shape index (κ1) is 17.2. The molecule has 2 heterocycles. The molecule has 24 heavy (non-hydrogen) atoms. The van der Waals surface area contributed by atoms with Gasteiger partial charge >= 0.3 is 6.09 Å². The number of halogens is 1. The Balaban J connectivity index is 1.68. The van der Waals surface area contributed by atoms with E-state index in [9.17, 15) is 4.79 Å². The normalized spacial score (nSPS) is 19.8. The minimum absolute atomic E-state index is 0.243. The fourth-order valence-electron chi connectivity index (χ4n) is 3.24. The highest BCUT2D eigenvalue weighted by atomic mass is 35.5. The van der Waals surface area contributed by atoms with Crippen LogP contribution in [0.5, 0.6) is 5.75 Å². The Hall–Kier alpha value is -1.62. The molecular weight excluding hydrogens is 328 g/mol. The molecule has 0 unspecified atom stereocenters. The van der Waals surface area contributed by atoms with Crippen LogP contribution in [0.4, 0.5) is 10.5 Å². The van der Waals surface area contributed by atoms with Gasteiger partial charge in [-0.15, -0.1) is 0 Å². The summed E-state index contributed by atoms with van der Waals surface area (Å²) >= 11 is 6.26. The number of amides is 1. The van der Waals surface area contributed by atoms with Crippen molar-refractivity contribution in [2.75, 3.05) is 25.0 Å². The number of para-hydroxylation sites is 1. The van der Waals surface area contributed by atoms with Gasteiger partial charge in [0.05, 0.1) is 10.7 Å². The molecule has 0 aromatic heterocycles. The maximum Gasteiger partial charge on any atom is 0.410 e. The van der Waals surface area contributed by atoms with Crippen molar-refractivity contribution < 1.29 is 14.3 Å². The first-order chi connectivity index (χ1) is 11.3. The average Bonchev–Trinajstić information content (AvgIpc) is 2.66. The van der Waals surface area contributed by atoms with Crippen molar-refractivity contribution >= 4 is 23.4 Å². The first-order valence-electron chi connectivity index (χ1n) is 8.47. The second kappa shape index (κ2) is 6.36. The lowest BCUT2D eigenvalue weighted by molar-refractivity contribution is -0.0183. The molecule has 1 aromatic rings. The summed E-state index contributed by atoms with van der Waals surface area (Å²) in [5.41, 5.74) is 0.150. The second-order valence-corrected chi connectivity index (χ2v) is 7.95. The molecule has 0 atom stereocenters. The van der Waals surface area contributed by atoms with Gasteiger partial charge in [0.25, 0.3) is 0 Å². The Kier molecular flexibility index (Phi) is 4.56. The minimum atomic E-state index is -0.468. The number of fused-ring (bicyclic) bond motifs is 1. The van der Waals surface area contributed by atoms with E-state index < -0.39 is 5.60 Å². The molecule has 1 amide bonds. The van der Waals surface area contributed by atoms with Crippen LogP contribution in [0.2, 0.25) is 5.02 Å². The van der Waals surface area contributed by atoms with E-state index in [0.717, 1.165) is 37.2 Å². The summed E-state index contributed by atoms with van der Waals surface area (Å²) in [5.74, 6) is 0.797. The van der Waals surface area contributed by atoms with Crippen LogP contribution in [-0.4, -0.2) is 41.8 Å². The summed E-state index contributed by atoms with van der Waals surface area (Å²) in [6.45, 7) is 7.75. The Bertz CT molecular complexity index is 619. The van der Waals surface area contributed by atoms with Crippen LogP contribution in [0.1, 0.15) is 40.0 Å². The van der Waals surface area contributed by atoms with E-state index in [2.05, 4.69) is 5.32 Å². The summed E-state index contributed by atoms with van der Waals surface area (Å²) in [5, 5.41) is 4.04. The molecule has 2 aliphatic rings. The largest absolute Gasteiger partial charge is 0.485 e. The summed E-state index contributed by atoms with van der Waals surface area (Å²) in [6.07, 6.45) is 2.23. The van der Waals surface area contributed by atoms with Gasteiger partial charge in [0.1, 0.15) is 17.0 Å². The van der Waals surface area contributed by atoms with E-state index in [1.165, 1.54) is 0 Å². The van der Waals surface area contributed by atoms with Gasteiger partial charge in [0, 0.05) is 38.9 Å². The molecule has 1 aromatic carbocycles. The first-order valence-corrected chi connectivity index (χ1v) is 8.85. The molecule has 0 saturated carbocycles. The van der Waals surface area contributed by atoms with Gasteiger partial charge in [-0.3, -0.25) is 0 Å². The fraction of sp³-hybridized carbons (Fsp3) is 0.611. The number of ether oxygens (including phenoxy) is 2. The topological polar surface area (TPSA) is 50.8 Å². The van der Waals surface area contributed by atoms with Gasteiger partial charge in [-0.2, -0.15) is 0 Å². The highest BCUT2D eigenvalue weighted by Crippen LogP contribution is 2.41. The molecule has 0 radical (unpaired) electrons. The maximum absolute atomic E-state index is 12.2. The molecule has 1 saturated heterocycles. The molecule has 6 heteroatoms. The number of piperidine rings is 1. The number of rotatable bonds is 0. The van der Waals surface area contributed by atoms with Crippen LogP contribution in [0.25, 0.3) is 0 Å². The molecule has 3 rings (SSSR count). The van der Waals surface area contributed by atoms with Gasteiger partial charge in [-0.1, -0.05) is 17.7 Å². The summed E-state index contributed by atoms with van der Waals surface area (Å²) < 4.78 is 11.8. The number of carbonyl (C=O) groups excluding carboxylic acids is 1. The summed E-state index contributed by atoms with van der Waals surface area (Å²) in [7, 11) is 0. The predicted octanol–water partition coefficient (Wildman–Crippen LogP) is 4.30. The zero-order valence-electron chi connectivity index (χ0n) is 14.5. The van der Waals surface area contributed by atoms with Crippen LogP contribution < -0.4 is 10.1 Å². The van der Waals surface area contributed by atoms with Gasteiger partial charge in [0.2, 0.25) is 0 Å². The van der Waals surface area contributed by atoms with E-state index in [1.54, 1.807) is 4.90 Å². The third-order valence-electron chi connectivity index (χ3n) is 4.51. The van der Waals surface area contributed by atoms with Gasteiger partial charge < -0.3 is 19.7 Å². The molecule has 5 nitrogen and oxygen atoms in total. The average molecular weight is 353 g/mol. The smallest absolute Gasteiger partial charge is 0.410 e. The lowest BCUT2D eigenvalue weighted by atomic mass is 9.88. The quantitative estimate of drug-likeness (QED) is 0.756. The fourth-order valence-corrected chi connectivity index (χ4v) is 3.47. The molecule has 1 N–H and O–H groups in total. The highest BCUT2D eigenvalue weighted by molar-refractivity contribution is 6.33. The van der Waals surface area contributed by atoms with E-state index in [4.69, 9.17) is 21.1 Å². The molecule has 0 aliphatic carbocycles. The molecule has 1 spiro atoms. The van der Waals surface area contributed by atoms with Crippen LogP contribution in [0.3, 0.4) is 0 Å². The third kappa shape index (κ3) is 3.72. The predicted molar refractivity (Wildman–Crippen MR) is 95.0 cm³/mol. The van der Waals surface area contributed by atoms with Crippen molar-refractivity contribution in [3.63, 3.8) is 0 Å². The Morgan fingerprint density at radius 2 is 2.00 bits per heavy atom. The number of nitrogens with one attached hydrogen (secondary N) is 1. The van der Waals surface area contributed by atoms with Crippen molar-refractivity contribution in [2.45, 2.75) is 51.2 Å². The van der Waals surface area contributed by atoms with Crippen LogP contribution in [0.15, 0.2) is 18.2 Å². The van der Waals surface area contributed by atoms with Crippen molar-refractivity contribution in [2.24, 2.45) is 0 Å². The van der Waals surface area contributed by atoms with E-state index in [0.29, 0.717) is 18.1 Å². The lowest BCUT2D eigenvalue weighted by Crippen LogP contribution is -2.51. The number of hydrogen-bond donors (Lipinski definition) is 1. The number of likely N-dealkylation sites (tertiary alicyclic amines) is 1. The number of nitrogens with zero attached hydrogens (tertiary/aromatic N) is 1. The van der Waals surface area contributed by atoms with E-state index >= 15 is 0 Å². The third-order valence-corrected chi connectivity index (χ3v) is 4.83. The second-order valence-electron chi connectivity index (χ2n) is 7.54. The SMILES string of the molecule is CC(C)(C)OC(=O)N1CCC2(CCNc3c(Cl)cccc3O2)CC1. The zero-order chi connectivity index (χ0) is 17.4. The maximum atomic E-state index is 12.2. The Morgan fingerprint density at radius 3 is 2.67 bits per heavy atom. The van der Waals surface area contributed by atoms with E-state index in [-0.39, 0.29) is 11.7 Å². The number of anilines is 1. The Labute approximate surface area is 148 Å². The number of carbonyl (C=O) groups is 1. The molecule has 132 valence electrons. The van der Waals surface area contributed by atoms with Crippen molar-refractivity contribution in [3.8, 4) is 5.75 Å². The van der Waals surface area contributed by atoms with Gasteiger partial charge in [-0.05, 0) is 32.9 Å². The van der Waals surface area contributed by atoms with Gasteiger partial charge in [-0.25, -0.2) is 4.79 Å². The standard InChI is InChI=1S/C18H25ClN2O3/c1-17(2,3)24-16(22)21-11-8-18(9-12-21)7-10-20-15-13(19)5-4-6-14(15)23-18/h4-6,20H,7-12H2,1-3H3. The molecule has 1 fully saturated rings. The van der Waals surface area contributed by atoms with Crippen LogP contribution in [-0.2, 0) is 4.74 Å². The molecule has 2 aliphatic heterocycles. The van der Waals surface area contributed by atoms with Crippen molar-refractivity contribution in [1.82, 2.24) is 4.90 Å². The minimum Gasteiger partial charge on any atom is -0.485 e. The van der Waals surface area contributed by atoms with Crippen molar-refractivity contribution in [3.05, 3.63) is 23.2 Å². The molecular formula is C18H25ClN2O3. The monoisotopic (exact) mass is 352 g/mol. The van der Waals surface area contributed by atoms with Crippen LogP contribution >= 0.6 is 11.6 Å². The highest BCUT2D eigenvalue weighted by Gasteiger charge is 2.40. The number of hydrogen-bond acceptors (Lipinski definition) is 4. The van der Waals surface area contributed by atoms with Gasteiger partial charge in [0.15, 0.2) is 0 Å². The van der Waals surface area contributed by atoms with Crippen LogP contribution in [0, 0.1) is 0 Å². The van der Waals surface area contributed by atoms with E-state index in [1.807, 2.05) is 39.0 Å². The Morgan fingerprint density at radius 1 is 1.29 bits per heavy atom. The summed E-state index contributed by atoms with van der Waals surface area (Å²) in [4.78, 5) is 14.0. The zero-order valence-corrected chi connectivity index (χ0v) is 15.3. The summed E-state index contributed by atoms with van der Waals surface area (Å²) in [6, 6.07) is 5.71. The lowest BCUT2D eigenvalue weighted by Gasteiger charge is -2.41. The number of benzene rings is 1. The molecule has 0 bridgehead atoms. The van der Waals surface area contributed by atoms with Crippen molar-refractivity contribution in [1.29, 1.82) is 0 Å².